The van der Waals surface area contributed by atoms with Crippen LogP contribution in [0, 0.1) is 84.4 Å². The van der Waals surface area contributed by atoms with E-state index in [2.05, 4.69) is 128 Å². The molecule has 25 nitrogen and oxygen atoms in total. The van der Waals surface area contributed by atoms with E-state index in [1.165, 1.54) is 23.8 Å². The van der Waals surface area contributed by atoms with Crippen LogP contribution in [0.25, 0.3) is 45.3 Å². The number of ether oxygens (including phenoxy) is 9. The van der Waals surface area contributed by atoms with E-state index in [9.17, 15) is 40.2 Å². The van der Waals surface area contributed by atoms with Crippen LogP contribution in [-0.2, 0) is 112 Å². The van der Waals surface area contributed by atoms with Gasteiger partial charge in [0.25, 0.3) is 0 Å². The van der Waals surface area contributed by atoms with Crippen molar-refractivity contribution in [2.75, 3.05) is 40.9 Å². The summed E-state index contributed by atoms with van der Waals surface area (Å²) in [4.78, 5) is 47.4. The third-order valence-electron chi connectivity index (χ3n) is 18.3. The molecule has 0 unspecified atom stereocenters. The second-order valence-electron chi connectivity index (χ2n) is 34.2. The number of aromatic nitrogens is 8. The lowest BCUT2D eigenvalue weighted by atomic mass is 9.86. The van der Waals surface area contributed by atoms with Crippen LogP contribution < -0.4 is 0 Å². The number of aryl methyl sites for hydroxylation is 8. The highest BCUT2D eigenvalue weighted by atomic mass is 16.7. The summed E-state index contributed by atoms with van der Waals surface area (Å²) in [6, 6.07) is 47.7. The van der Waals surface area contributed by atoms with Gasteiger partial charge in [0, 0.05) is 48.1 Å². The minimum atomic E-state index is -0.642. The summed E-state index contributed by atoms with van der Waals surface area (Å²) in [6.07, 6.45) is 2.35. The summed E-state index contributed by atoms with van der Waals surface area (Å²) in [5.41, 5.74) is 14.1. The zero-order chi connectivity index (χ0) is 89.1. The Morgan fingerprint density at radius 1 is 0.378 bits per heavy atom. The van der Waals surface area contributed by atoms with Gasteiger partial charge in [-0.15, -0.1) is 0 Å². The Morgan fingerprint density at radius 2 is 0.622 bits per heavy atom. The third-order valence-corrected chi connectivity index (χ3v) is 18.3. The smallest absolute Gasteiger partial charge is 0.334 e. The summed E-state index contributed by atoms with van der Waals surface area (Å²) in [5, 5.41) is 57.1. The number of unbranched alkanes of at least 4 members (excludes halogenated alkanes) is 1. The Labute approximate surface area is 703 Å². The zero-order valence-electron chi connectivity index (χ0n) is 74.7. The molecule has 0 amide bonds. The van der Waals surface area contributed by atoms with Gasteiger partial charge in [-0.3, -0.25) is 33.1 Å². The van der Waals surface area contributed by atoms with Crippen molar-refractivity contribution in [3.63, 3.8) is 0 Å². The van der Waals surface area contributed by atoms with Crippen molar-refractivity contribution >= 4 is 69.2 Å². The first-order chi connectivity index (χ1) is 55.7. The summed E-state index contributed by atoms with van der Waals surface area (Å²) >= 11 is 0. The Kier molecular flexibility index (Phi) is 35.8. The molecule has 8 aromatic rings. The monoisotopic (exact) mass is 1620 g/mol. The van der Waals surface area contributed by atoms with Gasteiger partial charge in [0.15, 0.2) is 23.0 Å². The minimum absolute atomic E-state index is 0.00306. The number of hydrogen-bond donors (Lipinski definition) is 0. The molecule has 119 heavy (non-hydrogen) atoms. The maximum absolute atomic E-state index is 12.1. The van der Waals surface area contributed by atoms with Gasteiger partial charge in [-0.25, -0.2) is 4.79 Å². The van der Waals surface area contributed by atoms with Gasteiger partial charge in [-0.05, 0) is 151 Å². The van der Waals surface area contributed by atoms with E-state index in [4.69, 9.17) is 42.6 Å². The molecule has 0 bridgehead atoms. The number of methoxy groups -OCH3 is 1. The van der Waals surface area contributed by atoms with E-state index >= 15 is 0 Å². The highest BCUT2D eigenvalue weighted by Crippen LogP contribution is 2.36. The second kappa shape index (κ2) is 43.8. The van der Waals surface area contributed by atoms with E-state index < -0.39 is 11.4 Å². The van der Waals surface area contributed by atoms with Crippen LogP contribution in [0.3, 0.4) is 0 Å². The van der Waals surface area contributed by atoms with Gasteiger partial charge < -0.3 is 42.6 Å². The maximum atomic E-state index is 12.1. The lowest BCUT2D eigenvalue weighted by molar-refractivity contribution is -0.161. The van der Waals surface area contributed by atoms with Crippen LogP contribution >= 0.6 is 0 Å². The van der Waals surface area contributed by atoms with Gasteiger partial charge in [-0.1, -0.05) is 207 Å². The Morgan fingerprint density at radius 3 is 0.824 bits per heavy atom. The van der Waals surface area contributed by atoms with Crippen molar-refractivity contribution in [1.82, 2.24) is 39.1 Å². The minimum Gasteiger partial charge on any atom is -0.454 e. The first-order valence-electron chi connectivity index (χ1n) is 39.4. The normalized spacial score (nSPS) is 12.4. The molecule has 0 spiro atoms. The van der Waals surface area contributed by atoms with Crippen molar-refractivity contribution < 1.29 is 61.8 Å². The van der Waals surface area contributed by atoms with Gasteiger partial charge in [0.1, 0.15) is 76.0 Å². The van der Waals surface area contributed by atoms with Gasteiger partial charge in [-0.2, -0.15) is 41.4 Å². The van der Waals surface area contributed by atoms with Crippen LogP contribution in [0.5, 0.6) is 0 Å². The molecular formula is C94H120N12O13. The summed E-state index contributed by atoms with van der Waals surface area (Å²) in [5.74, 6) is -0.0895. The van der Waals surface area contributed by atoms with Crippen LogP contribution in [-0.4, -0.2) is 104 Å². The van der Waals surface area contributed by atoms with Crippen LogP contribution in [0.2, 0.25) is 0 Å². The van der Waals surface area contributed by atoms with Crippen molar-refractivity contribution in [2.45, 2.75) is 200 Å². The molecule has 25 heteroatoms. The number of carbonyl (C=O) groups excluding carboxylic acids is 4. The fourth-order valence-corrected chi connectivity index (χ4v) is 11.7. The SMILES string of the molecule is CCCCC(=O)OCO/C(=C(/C#N)c1ccc(C(C)(C)C)cc1)c1cc(C)nn1C.COCC(=O)OCO/C(=C(/C#N)c1ccc(C(C)(C)C)cc1)c1cc(C)nn1C.Cc1cc(/C(OCOC(=O)C(C)(C)C)=C(\C#N)c2ccc(C(C)(C)C)cc2)n(C)n1.Cc1cc(/C(OCOC(=O)CC(C)C)=C(\C#N)c2ccc(C(C)(C)C)cc2)n(C)n1. The van der Waals surface area contributed by atoms with Gasteiger partial charge in [0.05, 0.1) is 28.2 Å². The van der Waals surface area contributed by atoms with Gasteiger partial charge in [0.2, 0.25) is 27.2 Å². The van der Waals surface area contributed by atoms with E-state index in [-0.39, 0.29) is 79.3 Å². The third kappa shape index (κ3) is 29.4. The Hall–Kier alpha value is -12.3. The fourth-order valence-electron chi connectivity index (χ4n) is 11.7. The number of hydrogen-bond acceptors (Lipinski definition) is 21. The molecule has 0 saturated heterocycles. The number of rotatable bonds is 27. The fraction of sp³-hybridized carbons (Fsp3) is 0.447. The highest BCUT2D eigenvalue weighted by Gasteiger charge is 2.28. The largest absolute Gasteiger partial charge is 0.454 e. The molecule has 0 fully saturated rings. The average molecular weight is 1630 g/mol. The molecule has 0 radical (unpaired) electrons. The zero-order valence-corrected chi connectivity index (χ0v) is 74.7. The molecule has 4 aromatic carbocycles. The predicted molar refractivity (Wildman–Crippen MR) is 461 cm³/mol. The van der Waals surface area contributed by atoms with Crippen LogP contribution in [0.15, 0.2) is 121 Å². The number of nitrogens with zero attached hydrogens (tertiary/aromatic N) is 12. The van der Waals surface area contributed by atoms with Crippen molar-refractivity contribution in [3.8, 4) is 24.3 Å². The summed E-state index contributed by atoms with van der Waals surface area (Å²) in [7, 11) is 8.52. The number of carbonyl (C=O) groups is 4. The van der Waals surface area contributed by atoms with E-state index in [1.54, 1.807) is 67.7 Å². The van der Waals surface area contributed by atoms with Crippen molar-refractivity contribution in [1.29, 1.82) is 21.0 Å². The molecule has 0 aliphatic carbocycles. The molecule has 0 aliphatic rings. The molecule has 0 saturated carbocycles. The van der Waals surface area contributed by atoms with Gasteiger partial charge >= 0.3 is 23.9 Å². The molecule has 634 valence electrons. The first kappa shape index (κ1) is 97.3. The summed E-state index contributed by atoms with van der Waals surface area (Å²) in [6.45, 7) is 43.0. The quantitative estimate of drug-likeness (QED) is 0.0152. The van der Waals surface area contributed by atoms with Crippen LogP contribution in [0.4, 0.5) is 0 Å². The molecular weight excluding hydrogens is 1510 g/mol. The molecule has 0 aliphatic heterocycles. The lowest BCUT2D eigenvalue weighted by Gasteiger charge is -2.20. The topological polar surface area (TPSA) is 318 Å². The van der Waals surface area contributed by atoms with E-state index in [1.807, 2.05) is 170 Å². The highest BCUT2D eigenvalue weighted by molar-refractivity contribution is 5.97. The lowest BCUT2D eigenvalue weighted by Crippen LogP contribution is -2.24. The molecule has 8 rings (SSSR count). The van der Waals surface area contributed by atoms with E-state index in [0.29, 0.717) is 86.5 Å². The molecule has 0 N–H and O–H groups in total. The Bertz CT molecular complexity index is 5080. The second-order valence-corrected chi connectivity index (χ2v) is 34.2. The number of benzene rings is 4. The number of allylic oxidation sites excluding steroid dienone is 4. The Balaban J connectivity index is 0.000000283. The number of nitriles is 4. The standard InChI is InChI=1S/3C24H31N3O3.C22H27N3O4/c1-16-13-20(27(8)26-16)21(29-15-30-22(28)24(5,6)7)19(14-25)17-9-11-18(12-10-17)23(2,3)4;1-16(2)12-22(28)29-15-30-23(21-13-17(3)26-27(21)7)20(14-25)18-8-10-19(11-9-18)24(4,5)6;1-7-8-9-22(28)29-16-30-23(21-14-17(2)26-27(21)6)20(15-25)18-10-12-19(13-11-18)24(3,4)5;1-15-11-19(25(5)24-15)21(29-14-28-20(26)13-27-6)18(12-23)16-7-9-17(10-8-16)22(2,3)4/h9-13H,15H2,1-8H3;8-11,13,16H,12,15H2,1-7H3;10-14H,7-9,16H2,1-6H3;7-11H,13-14H2,1-6H3/b21-19-;2*23-20-;21-18-. The van der Waals surface area contributed by atoms with Crippen molar-refractivity contribution in [2.24, 2.45) is 39.5 Å². The van der Waals surface area contributed by atoms with Crippen molar-refractivity contribution in [3.05, 3.63) is 211 Å². The number of esters is 4. The average Bonchev–Trinajstić information content (AvgIpc) is 1.80. The molecule has 4 heterocycles. The maximum Gasteiger partial charge on any atom is 0.334 e. The van der Waals surface area contributed by atoms with E-state index in [0.717, 1.165) is 57.9 Å². The van der Waals surface area contributed by atoms with Crippen LogP contribution in [0.1, 0.15) is 240 Å². The molecule has 0 atom stereocenters. The summed E-state index contributed by atoms with van der Waals surface area (Å²) < 4.78 is 55.3. The predicted octanol–water partition coefficient (Wildman–Crippen LogP) is 18.7. The first-order valence-corrected chi connectivity index (χ1v) is 39.4. The molecule has 4 aromatic heterocycles.